The van der Waals surface area contributed by atoms with E-state index in [1.165, 1.54) is 20.9 Å². The molecular formula is C28H25N3O4. The van der Waals surface area contributed by atoms with E-state index in [-0.39, 0.29) is 22.7 Å². The maximum Gasteiger partial charge on any atom is 0.323 e. The second-order valence-corrected chi connectivity index (χ2v) is 9.00. The Hall–Kier alpha value is -4.15. The van der Waals surface area contributed by atoms with E-state index in [9.17, 15) is 19.5 Å². The number of nitrogens with one attached hydrogen (secondary N) is 1. The zero-order valence-corrected chi connectivity index (χ0v) is 19.3. The summed E-state index contributed by atoms with van der Waals surface area (Å²) in [7, 11) is 0. The van der Waals surface area contributed by atoms with Crippen molar-refractivity contribution in [3.05, 3.63) is 76.8 Å². The van der Waals surface area contributed by atoms with Gasteiger partial charge in [0.15, 0.2) is 5.94 Å². The normalized spacial score (nSPS) is 16.4. The molecule has 7 heteroatoms. The fourth-order valence-corrected chi connectivity index (χ4v) is 5.25. The first-order valence-corrected chi connectivity index (χ1v) is 11.6. The minimum absolute atomic E-state index is 0.0488. The van der Waals surface area contributed by atoms with E-state index in [2.05, 4.69) is 59.6 Å². The van der Waals surface area contributed by atoms with E-state index in [4.69, 9.17) is 0 Å². The molecule has 176 valence electrons. The highest BCUT2D eigenvalue weighted by Gasteiger charge is 2.25. The fourth-order valence-electron chi connectivity index (χ4n) is 5.25. The summed E-state index contributed by atoms with van der Waals surface area (Å²) in [5.41, 5.74) is 2.70. The zero-order valence-electron chi connectivity index (χ0n) is 19.3. The molecule has 2 atom stereocenters. The van der Waals surface area contributed by atoms with Crippen LogP contribution in [0.1, 0.15) is 24.9 Å². The lowest BCUT2D eigenvalue weighted by atomic mass is 9.99. The summed E-state index contributed by atoms with van der Waals surface area (Å²) in [5.74, 6) is 2.40. The maximum absolute atomic E-state index is 11.5. The highest BCUT2D eigenvalue weighted by Crippen LogP contribution is 2.27. The van der Waals surface area contributed by atoms with E-state index >= 15 is 0 Å². The van der Waals surface area contributed by atoms with Crippen molar-refractivity contribution in [2.75, 3.05) is 18.0 Å². The van der Waals surface area contributed by atoms with Crippen molar-refractivity contribution in [3.8, 4) is 0 Å². The molecule has 7 nitrogen and oxygen atoms in total. The number of nitrogens with zero attached hydrogens (tertiary/aromatic N) is 2. The summed E-state index contributed by atoms with van der Waals surface area (Å²) in [4.78, 5) is 36.6. The maximum atomic E-state index is 11.5. The molecule has 1 aliphatic rings. The van der Waals surface area contributed by atoms with E-state index in [1.807, 2.05) is 12.1 Å². The summed E-state index contributed by atoms with van der Waals surface area (Å²) < 4.78 is 1.32. The molecule has 5 rings (SSSR count). The minimum Gasteiger partial charge on any atom is -0.480 e. The Morgan fingerprint density at radius 2 is 1.89 bits per heavy atom. The Labute approximate surface area is 201 Å². The first-order valence-electron chi connectivity index (χ1n) is 11.6. The van der Waals surface area contributed by atoms with Crippen LogP contribution < -0.4 is 20.8 Å². The van der Waals surface area contributed by atoms with Gasteiger partial charge in [0.1, 0.15) is 23.1 Å². The van der Waals surface area contributed by atoms with Gasteiger partial charge in [0, 0.05) is 36.2 Å². The Morgan fingerprint density at radius 3 is 2.66 bits per heavy atom. The molecule has 1 aliphatic heterocycles. The molecule has 2 N–H and O–H groups in total. The summed E-state index contributed by atoms with van der Waals surface area (Å²) >= 11 is 0. The van der Waals surface area contributed by atoms with Crippen molar-refractivity contribution < 1.29 is 19.5 Å². The first-order chi connectivity index (χ1) is 17.0. The van der Waals surface area contributed by atoms with Crippen LogP contribution in [0.15, 0.2) is 60.7 Å². The number of carbonyl (C=O) groups excluding carboxylic acids is 2. The number of carboxylic acid groups (broad SMARTS) is 1. The number of anilines is 1. The number of hydrogen-bond acceptors (Lipinski definition) is 5. The van der Waals surface area contributed by atoms with Gasteiger partial charge in [0.25, 0.3) is 0 Å². The van der Waals surface area contributed by atoms with E-state index in [0.29, 0.717) is 10.9 Å². The Kier molecular flexibility index (Phi) is 5.98. The van der Waals surface area contributed by atoms with Crippen LogP contribution in [-0.2, 0) is 20.9 Å². The monoisotopic (exact) mass is 467 g/mol. The molecule has 0 bridgehead atoms. The molecule has 1 unspecified atom stereocenters. The van der Waals surface area contributed by atoms with Gasteiger partial charge >= 0.3 is 5.97 Å². The average Bonchev–Trinajstić information content (AvgIpc) is 3.45. The van der Waals surface area contributed by atoms with Crippen molar-refractivity contribution in [1.82, 2.24) is 9.88 Å². The molecule has 35 heavy (non-hydrogen) atoms. The van der Waals surface area contributed by atoms with Crippen molar-refractivity contribution in [2.45, 2.75) is 32.0 Å². The lowest BCUT2D eigenvalue weighted by Gasteiger charge is -2.23. The van der Waals surface area contributed by atoms with Gasteiger partial charge in [-0.3, -0.25) is 4.79 Å². The smallest absolute Gasteiger partial charge is 0.323 e. The Balaban J connectivity index is 1.41. The van der Waals surface area contributed by atoms with Crippen molar-refractivity contribution in [1.29, 1.82) is 0 Å². The lowest BCUT2D eigenvalue weighted by molar-refractivity contribution is -0.137. The lowest BCUT2D eigenvalue weighted by Crippen LogP contribution is -2.34. The summed E-state index contributed by atoms with van der Waals surface area (Å²) in [5, 5.41) is 16.0. The van der Waals surface area contributed by atoms with E-state index < -0.39 is 12.5 Å². The largest absolute Gasteiger partial charge is 0.480 e. The van der Waals surface area contributed by atoms with Crippen molar-refractivity contribution in [3.63, 3.8) is 0 Å². The molecule has 0 aliphatic carbocycles. The number of carbonyl (C=O) groups is 1. The summed E-state index contributed by atoms with van der Waals surface area (Å²) in [6, 6.07) is 20.7. The van der Waals surface area contributed by atoms with E-state index in [0.717, 1.165) is 25.2 Å². The van der Waals surface area contributed by atoms with Crippen LogP contribution in [0.25, 0.3) is 21.7 Å². The molecular weight excluding hydrogens is 442 g/mol. The van der Waals surface area contributed by atoms with Crippen LogP contribution in [0.5, 0.6) is 0 Å². The molecule has 1 saturated heterocycles. The number of fused-ring (bicyclic) bond motifs is 2. The summed E-state index contributed by atoms with van der Waals surface area (Å²) in [6.45, 7) is 3.38. The van der Waals surface area contributed by atoms with Crippen LogP contribution >= 0.6 is 0 Å². The van der Waals surface area contributed by atoms with Gasteiger partial charge in [-0.15, -0.1) is 0 Å². The molecule has 4 aromatic rings. The predicted octanol–water partition coefficient (Wildman–Crippen LogP) is 1.82. The third-order valence-electron chi connectivity index (χ3n) is 6.87. The van der Waals surface area contributed by atoms with Gasteiger partial charge in [0.05, 0.1) is 5.52 Å². The van der Waals surface area contributed by atoms with Crippen molar-refractivity contribution in [2.24, 2.45) is 0 Å². The van der Waals surface area contributed by atoms with Crippen molar-refractivity contribution >= 4 is 45.2 Å². The number of benzene rings is 3. The average molecular weight is 468 g/mol. The molecule has 0 spiro atoms. The number of carboxylic acids is 1. The third kappa shape index (κ3) is 4.13. The number of rotatable bonds is 6. The van der Waals surface area contributed by atoms with Crippen LogP contribution in [0.3, 0.4) is 0 Å². The molecule has 1 fully saturated rings. The Morgan fingerprint density at radius 1 is 1.09 bits per heavy atom. The van der Waals surface area contributed by atoms with Gasteiger partial charge in [-0.25, -0.2) is 9.59 Å². The second kappa shape index (κ2) is 9.24. The standard InChI is InChI=1S/C28H25N3O4/c1-18(22-8-4-6-19-5-2-3-7-23(19)22)29-20-11-12-30(14-20)21-9-10-24-25(16-32)27(17-33)31(15-28(34)35)26(24)13-21/h2-10,13,18,20,29H,11-12,14-15H2,1H3,(H,34,35)/t18?,20-/m0/s1. The minimum atomic E-state index is -1.10. The Bertz CT molecular complexity index is 1610. The van der Waals surface area contributed by atoms with Crippen LogP contribution in [0.2, 0.25) is 0 Å². The number of aliphatic carboxylic acids is 1. The molecule has 2 heterocycles. The molecule has 0 saturated carbocycles. The molecule has 1 aromatic heterocycles. The third-order valence-corrected chi connectivity index (χ3v) is 6.87. The topological polar surface area (TPSA) is 91.6 Å². The van der Waals surface area contributed by atoms with Crippen LogP contribution in [0.4, 0.5) is 5.69 Å². The highest BCUT2D eigenvalue weighted by atomic mass is 16.4. The second-order valence-electron chi connectivity index (χ2n) is 9.00. The SMILES string of the molecule is CC(N[C@H]1CCN(c2ccc3c(=C=O)c(=C=O)n(CC(=O)O)c3c2)C1)c1cccc2ccccc12. The van der Waals surface area contributed by atoms with Gasteiger partial charge < -0.3 is 19.9 Å². The fraction of sp³-hybridized carbons (Fsp3) is 0.250. The van der Waals surface area contributed by atoms with E-state index in [1.54, 1.807) is 17.9 Å². The zero-order chi connectivity index (χ0) is 24.5. The number of hydrogen-bond donors (Lipinski definition) is 2. The van der Waals surface area contributed by atoms with Gasteiger partial charge in [-0.2, -0.15) is 0 Å². The predicted molar refractivity (Wildman–Crippen MR) is 135 cm³/mol. The quantitative estimate of drug-likeness (QED) is 0.450. The van der Waals surface area contributed by atoms with Gasteiger partial charge in [-0.05, 0) is 47.9 Å². The molecule has 3 aromatic carbocycles. The van der Waals surface area contributed by atoms with Gasteiger partial charge in [0.2, 0.25) is 0 Å². The summed E-state index contributed by atoms with van der Waals surface area (Å²) in [6.07, 6.45) is 0.962. The number of aromatic nitrogens is 1. The highest BCUT2D eigenvalue weighted by molar-refractivity contribution is 5.89. The van der Waals surface area contributed by atoms with Crippen LogP contribution in [0, 0.1) is 0 Å². The first kappa shape index (κ1) is 22.6. The van der Waals surface area contributed by atoms with Gasteiger partial charge in [-0.1, -0.05) is 42.5 Å². The molecule has 0 amide bonds. The molecule has 0 radical (unpaired) electrons. The van der Waals surface area contributed by atoms with Crippen LogP contribution in [-0.4, -0.2) is 46.7 Å².